The summed E-state index contributed by atoms with van der Waals surface area (Å²) in [7, 11) is 19.3. The van der Waals surface area contributed by atoms with Gasteiger partial charge in [-0.1, -0.05) is 0 Å². The molecule has 0 atom stereocenters. The molecule has 6 heteroatoms. The standard InChI is InChI=1S/C10H11Cl3NSTe/c1-7-6-16(11,12,13)10-4-3-8(15-2)5-9(10)14-7/h3-6,14H,1-2H3. The van der Waals surface area contributed by atoms with E-state index in [0.717, 1.165) is 19.9 Å². The van der Waals surface area contributed by atoms with Crippen LogP contribution in [0.25, 0.3) is 0 Å². The Morgan fingerprint density at radius 1 is 1.25 bits per heavy atom. The van der Waals surface area contributed by atoms with Gasteiger partial charge in [-0.2, -0.15) is 0 Å². The average molecular weight is 411 g/mol. The summed E-state index contributed by atoms with van der Waals surface area (Å²) in [6.45, 7) is 1.92. The Kier molecular flexibility index (Phi) is 3.43. The van der Waals surface area contributed by atoms with Crippen molar-refractivity contribution in [1.29, 1.82) is 0 Å². The van der Waals surface area contributed by atoms with Crippen LogP contribution in [0, 0.1) is 0 Å². The van der Waals surface area contributed by atoms with E-state index in [1.807, 2.05) is 31.4 Å². The van der Waals surface area contributed by atoms with E-state index >= 15 is 0 Å². The predicted molar refractivity (Wildman–Crippen MR) is 78.5 cm³/mol. The van der Waals surface area contributed by atoms with Crippen LogP contribution in [0.4, 0.5) is 5.69 Å². The molecular weight excluding hydrogens is 400 g/mol. The third kappa shape index (κ3) is 2.46. The molecule has 1 nitrogen and oxygen atoms in total. The molecule has 0 bridgehead atoms. The van der Waals surface area contributed by atoms with Gasteiger partial charge in [0.15, 0.2) is 0 Å². The summed E-state index contributed by atoms with van der Waals surface area (Å²) < 4.78 is 2.65. The summed E-state index contributed by atoms with van der Waals surface area (Å²) in [6.07, 6.45) is 2.03. The predicted octanol–water partition coefficient (Wildman–Crippen LogP) is 4.09. The third-order valence-electron chi connectivity index (χ3n) is 2.26. The molecule has 89 valence electrons. The van der Waals surface area contributed by atoms with Crippen LogP contribution < -0.4 is 8.93 Å². The van der Waals surface area contributed by atoms with Crippen LogP contribution in [0.3, 0.4) is 0 Å². The molecule has 1 aromatic rings. The third-order valence-corrected chi connectivity index (χ3v) is 13.4. The van der Waals surface area contributed by atoms with Crippen LogP contribution in [0.2, 0.25) is 0 Å². The van der Waals surface area contributed by atoms with E-state index in [1.165, 1.54) is 0 Å². The topological polar surface area (TPSA) is 12.0 Å². The molecule has 1 N–H and O–H groups in total. The van der Waals surface area contributed by atoms with Gasteiger partial charge < -0.3 is 0 Å². The fraction of sp³-hybridized carbons (Fsp3) is 0.200. The van der Waals surface area contributed by atoms with E-state index in [1.54, 1.807) is 15.9 Å². The quantitative estimate of drug-likeness (QED) is 0.552. The van der Waals surface area contributed by atoms with Gasteiger partial charge in [0.25, 0.3) is 0 Å². The van der Waals surface area contributed by atoms with E-state index in [9.17, 15) is 0 Å². The molecule has 1 aromatic carbocycles. The Balaban J connectivity index is 2.64. The van der Waals surface area contributed by atoms with Crippen molar-refractivity contribution in [2.75, 3.05) is 11.6 Å². The van der Waals surface area contributed by atoms with Gasteiger partial charge in [0.2, 0.25) is 0 Å². The van der Waals surface area contributed by atoms with Crippen molar-refractivity contribution in [3.05, 3.63) is 28.0 Å². The van der Waals surface area contributed by atoms with Crippen molar-refractivity contribution in [1.82, 2.24) is 0 Å². The molecule has 1 aliphatic heterocycles. The van der Waals surface area contributed by atoms with Crippen LogP contribution in [0.15, 0.2) is 32.9 Å². The van der Waals surface area contributed by atoms with E-state index in [2.05, 4.69) is 5.32 Å². The van der Waals surface area contributed by atoms with Crippen molar-refractivity contribution in [3.63, 3.8) is 0 Å². The number of hydrogen-bond donors (Lipinski definition) is 1. The van der Waals surface area contributed by atoms with E-state index in [0.29, 0.717) is 0 Å². The molecule has 2 rings (SSSR count). The van der Waals surface area contributed by atoms with Gasteiger partial charge >= 0.3 is 113 Å². The van der Waals surface area contributed by atoms with Crippen molar-refractivity contribution in [2.45, 2.75) is 11.8 Å². The summed E-state index contributed by atoms with van der Waals surface area (Å²) in [4.78, 5) is 1.16. The Labute approximate surface area is 112 Å². The molecule has 0 saturated heterocycles. The zero-order valence-corrected chi connectivity index (χ0v) is 14.2. The van der Waals surface area contributed by atoms with Crippen molar-refractivity contribution < 1.29 is 0 Å². The molecule has 0 saturated carbocycles. The molecule has 16 heavy (non-hydrogen) atoms. The summed E-state index contributed by atoms with van der Waals surface area (Å²) >= 11 is -2.46. The molecule has 1 aliphatic rings. The first kappa shape index (κ1) is 13.2. The van der Waals surface area contributed by atoms with E-state index < -0.39 is 13.4 Å². The summed E-state index contributed by atoms with van der Waals surface area (Å²) in [6, 6.07) is 5.96. The van der Waals surface area contributed by atoms with Gasteiger partial charge in [-0.3, -0.25) is 0 Å². The van der Waals surface area contributed by atoms with Crippen molar-refractivity contribution in [2.24, 2.45) is 0 Å². The summed E-state index contributed by atoms with van der Waals surface area (Å²) in [5, 5.41) is 3.26. The molecule has 1 radical (unpaired) electrons. The number of benzene rings is 1. The number of fused-ring (bicyclic) bond motifs is 1. The number of halogens is 3. The summed E-state index contributed by atoms with van der Waals surface area (Å²) in [5.74, 6) is 0. The van der Waals surface area contributed by atoms with Crippen molar-refractivity contribution in [3.8, 4) is 0 Å². The number of anilines is 1. The number of hydrogen-bond acceptors (Lipinski definition) is 2. The molecule has 1 heterocycles. The van der Waals surface area contributed by atoms with Gasteiger partial charge in [-0.15, -0.1) is 0 Å². The minimum atomic E-state index is -4.14. The SMILES string of the molecule is CSc1ccc2c(c1)NC(C)=C[Te]2(Cl)(Cl)Cl. The van der Waals surface area contributed by atoms with Crippen molar-refractivity contribution >= 4 is 61.4 Å². The second-order valence-corrected chi connectivity index (χ2v) is 27.0. The molecule has 0 amide bonds. The van der Waals surface area contributed by atoms with Crippen LogP contribution in [-0.4, -0.2) is 19.7 Å². The zero-order chi connectivity index (χ0) is 12.0. The Bertz CT molecular complexity index is 479. The first-order valence-electron chi connectivity index (χ1n) is 4.54. The normalized spacial score (nSPS) is 23.3. The van der Waals surface area contributed by atoms with Crippen LogP contribution in [0.5, 0.6) is 0 Å². The van der Waals surface area contributed by atoms with Gasteiger partial charge in [0, 0.05) is 0 Å². The van der Waals surface area contributed by atoms with Gasteiger partial charge in [-0.25, -0.2) is 0 Å². The Morgan fingerprint density at radius 2 is 1.94 bits per heavy atom. The maximum atomic E-state index is 6.45. The summed E-state index contributed by atoms with van der Waals surface area (Å²) in [5.41, 5.74) is 1.86. The molecule has 0 spiro atoms. The number of nitrogens with one attached hydrogen (secondary N) is 1. The maximum absolute atomic E-state index is 6.45. The van der Waals surface area contributed by atoms with Crippen LogP contribution in [-0.2, 0) is 0 Å². The molecular formula is C10H11Cl3NSTe. The van der Waals surface area contributed by atoms with Crippen LogP contribution >= 0.6 is 38.7 Å². The monoisotopic (exact) mass is 412 g/mol. The van der Waals surface area contributed by atoms with Gasteiger partial charge in [-0.05, 0) is 0 Å². The Morgan fingerprint density at radius 3 is 2.56 bits per heavy atom. The second kappa shape index (κ2) is 4.16. The average Bonchev–Trinajstić information content (AvgIpc) is 2.13. The number of rotatable bonds is 1. The van der Waals surface area contributed by atoms with Gasteiger partial charge in [0.1, 0.15) is 0 Å². The Hall–Kier alpha value is 0.770. The van der Waals surface area contributed by atoms with E-state index in [4.69, 9.17) is 26.9 Å². The van der Waals surface area contributed by atoms with E-state index in [-0.39, 0.29) is 0 Å². The zero-order valence-electron chi connectivity index (χ0n) is 8.76. The molecule has 0 fully saturated rings. The molecule has 0 aliphatic carbocycles. The van der Waals surface area contributed by atoms with Crippen LogP contribution in [0.1, 0.15) is 6.92 Å². The fourth-order valence-corrected chi connectivity index (χ4v) is 11.9. The second-order valence-electron chi connectivity index (χ2n) is 3.58. The van der Waals surface area contributed by atoms with Gasteiger partial charge in [0.05, 0.1) is 0 Å². The fourth-order valence-electron chi connectivity index (χ4n) is 1.63. The first-order chi connectivity index (χ1) is 7.30. The number of thioether (sulfide) groups is 1. The minimum absolute atomic E-state index is 0.854. The number of allylic oxidation sites excluding steroid dienone is 1. The molecule has 0 unspecified atom stereocenters. The molecule has 0 aromatic heterocycles. The first-order valence-corrected chi connectivity index (χ1v) is 17.1.